The Morgan fingerprint density at radius 2 is 1.81 bits per heavy atom. The first-order valence-corrected chi connectivity index (χ1v) is 14.9. The molecule has 11 nitrogen and oxygen atoms in total. The summed E-state index contributed by atoms with van der Waals surface area (Å²) in [6.07, 6.45) is 3.40. The molecule has 0 aromatic heterocycles. The molecule has 0 unspecified atom stereocenters. The van der Waals surface area contributed by atoms with Gasteiger partial charge in [0, 0.05) is 18.2 Å². The minimum atomic E-state index is -4.13. The number of hydrogen-bond donors (Lipinski definition) is 2. The normalized spacial score (nSPS) is 14.9. The standard InChI is InChI=1S/C29H31ClN4O7S/c1-39-24-11-13-27(14-12-24)42(37,38)34(23-5-2-4-22(30)16-23)19-28(35)33-32-17-21-7-9-25(10-8-21)41-20-29(36)31-18-26-6-3-15-40-26/h2,4-5,7-14,16-17,26H,3,6,15,18-20H2,1H3,(H,31,36)(H,33,35)/b32-17-/t26-/m1/s1. The van der Waals surface area contributed by atoms with Crippen molar-refractivity contribution in [2.75, 3.05) is 37.7 Å². The van der Waals surface area contributed by atoms with Crippen molar-refractivity contribution in [3.63, 3.8) is 0 Å². The molecule has 1 aliphatic heterocycles. The molecule has 13 heteroatoms. The third-order valence-corrected chi connectivity index (χ3v) is 8.26. The van der Waals surface area contributed by atoms with Gasteiger partial charge in [-0.15, -0.1) is 0 Å². The third kappa shape index (κ3) is 8.68. The van der Waals surface area contributed by atoms with Crippen LogP contribution in [0.3, 0.4) is 0 Å². The Bertz CT molecular complexity index is 1490. The molecular weight excluding hydrogens is 584 g/mol. The number of hydrogen-bond acceptors (Lipinski definition) is 8. The molecule has 2 N–H and O–H groups in total. The lowest BCUT2D eigenvalue weighted by atomic mass is 10.2. The molecule has 4 rings (SSSR count). The average Bonchev–Trinajstić information content (AvgIpc) is 3.52. The van der Waals surface area contributed by atoms with Crippen LogP contribution < -0.4 is 24.5 Å². The van der Waals surface area contributed by atoms with Gasteiger partial charge in [-0.1, -0.05) is 17.7 Å². The molecule has 0 spiro atoms. The summed E-state index contributed by atoms with van der Waals surface area (Å²) in [5, 5.41) is 7.05. The number of carbonyl (C=O) groups excluding carboxylic acids is 2. The highest BCUT2D eigenvalue weighted by atomic mass is 35.5. The summed E-state index contributed by atoms with van der Waals surface area (Å²) in [6.45, 7) is 0.518. The Hall–Kier alpha value is -4.13. The molecule has 2 amide bonds. The number of amides is 2. The van der Waals surface area contributed by atoms with E-state index < -0.39 is 22.5 Å². The van der Waals surface area contributed by atoms with Gasteiger partial charge in [0.05, 0.1) is 30.0 Å². The summed E-state index contributed by atoms with van der Waals surface area (Å²) in [5.41, 5.74) is 3.21. The maximum atomic E-state index is 13.5. The summed E-state index contributed by atoms with van der Waals surface area (Å²) in [5.74, 6) is 0.0758. The van der Waals surface area contributed by atoms with Crippen LogP contribution in [0.25, 0.3) is 0 Å². The molecule has 1 atom stereocenters. The molecule has 1 aliphatic rings. The van der Waals surface area contributed by atoms with Gasteiger partial charge in [-0.2, -0.15) is 5.10 Å². The topological polar surface area (TPSA) is 136 Å². The van der Waals surface area contributed by atoms with Crippen molar-refractivity contribution in [1.29, 1.82) is 0 Å². The first-order valence-electron chi connectivity index (χ1n) is 13.1. The number of hydrazone groups is 1. The summed E-state index contributed by atoms with van der Waals surface area (Å²) in [7, 11) is -2.66. The summed E-state index contributed by atoms with van der Waals surface area (Å²) >= 11 is 6.10. The van der Waals surface area contributed by atoms with Gasteiger partial charge in [0.2, 0.25) is 0 Å². The highest BCUT2D eigenvalue weighted by Crippen LogP contribution is 2.27. The van der Waals surface area contributed by atoms with Crippen molar-refractivity contribution in [3.05, 3.63) is 83.4 Å². The number of benzene rings is 3. The Balaban J connectivity index is 1.33. The number of ether oxygens (including phenoxy) is 3. The first kappa shape index (κ1) is 30.8. The van der Waals surface area contributed by atoms with E-state index in [0.29, 0.717) is 28.6 Å². The average molecular weight is 615 g/mol. The molecule has 1 fully saturated rings. The first-order chi connectivity index (χ1) is 20.2. The zero-order valence-electron chi connectivity index (χ0n) is 22.9. The van der Waals surface area contributed by atoms with Gasteiger partial charge < -0.3 is 19.5 Å². The fraction of sp³-hybridized carbons (Fsp3) is 0.276. The molecule has 0 radical (unpaired) electrons. The zero-order chi connectivity index (χ0) is 30.0. The molecule has 1 saturated heterocycles. The number of nitrogens with one attached hydrogen (secondary N) is 2. The van der Waals surface area contributed by atoms with Gasteiger partial charge in [0.25, 0.3) is 21.8 Å². The molecule has 3 aromatic rings. The van der Waals surface area contributed by atoms with E-state index in [4.69, 9.17) is 25.8 Å². The molecule has 0 saturated carbocycles. The highest BCUT2D eigenvalue weighted by molar-refractivity contribution is 7.92. The van der Waals surface area contributed by atoms with E-state index in [2.05, 4.69) is 15.8 Å². The number of rotatable bonds is 13. The predicted octanol–water partition coefficient (Wildman–Crippen LogP) is 3.37. The van der Waals surface area contributed by atoms with Crippen LogP contribution in [-0.4, -0.2) is 66.0 Å². The molecule has 1 heterocycles. The van der Waals surface area contributed by atoms with Crippen molar-refractivity contribution < 1.29 is 32.2 Å². The van der Waals surface area contributed by atoms with Gasteiger partial charge in [0.15, 0.2) is 6.61 Å². The van der Waals surface area contributed by atoms with Crippen molar-refractivity contribution in [2.24, 2.45) is 5.10 Å². The number of halogens is 1. The smallest absolute Gasteiger partial charge is 0.264 e. The van der Waals surface area contributed by atoms with E-state index in [-0.39, 0.29) is 29.2 Å². The van der Waals surface area contributed by atoms with Crippen LogP contribution in [-0.2, 0) is 24.3 Å². The lowest BCUT2D eigenvalue weighted by Crippen LogP contribution is -2.39. The highest BCUT2D eigenvalue weighted by Gasteiger charge is 2.27. The second-order valence-corrected chi connectivity index (χ2v) is 11.6. The molecule has 3 aromatic carbocycles. The molecule has 0 aliphatic carbocycles. The van der Waals surface area contributed by atoms with Crippen LogP contribution in [0.1, 0.15) is 18.4 Å². The van der Waals surface area contributed by atoms with Gasteiger partial charge in [-0.05, 0) is 85.1 Å². The van der Waals surface area contributed by atoms with Crippen molar-refractivity contribution >= 4 is 45.3 Å². The fourth-order valence-electron chi connectivity index (χ4n) is 4.05. The van der Waals surface area contributed by atoms with Crippen LogP contribution in [0, 0.1) is 0 Å². The van der Waals surface area contributed by atoms with E-state index in [1.165, 1.54) is 43.7 Å². The lowest BCUT2D eigenvalue weighted by Gasteiger charge is -2.24. The maximum absolute atomic E-state index is 13.5. The Morgan fingerprint density at radius 3 is 2.48 bits per heavy atom. The van der Waals surface area contributed by atoms with Crippen LogP contribution in [0.15, 0.2) is 82.8 Å². The molecule has 42 heavy (non-hydrogen) atoms. The van der Waals surface area contributed by atoms with E-state index in [0.717, 1.165) is 23.8 Å². The molecule has 0 bridgehead atoms. The number of methoxy groups -OCH3 is 1. The SMILES string of the molecule is COc1ccc(S(=O)(=O)N(CC(=O)N/N=C\c2ccc(OCC(=O)NC[C@H]3CCCO3)cc2)c2cccc(Cl)c2)cc1. The van der Waals surface area contributed by atoms with Crippen LogP contribution in [0.2, 0.25) is 5.02 Å². The van der Waals surface area contributed by atoms with Crippen LogP contribution in [0.4, 0.5) is 5.69 Å². The van der Waals surface area contributed by atoms with Crippen LogP contribution in [0.5, 0.6) is 11.5 Å². The minimum absolute atomic E-state index is 0.0257. The van der Waals surface area contributed by atoms with Crippen molar-refractivity contribution in [3.8, 4) is 11.5 Å². The van der Waals surface area contributed by atoms with Crippen molar-refractivity contribution in [1.82, 2.24) is 10.7 Å². The number of nitrogens with zero attached hydrogens (tertiary/aromatic N) is 2. The molecular formula is C29H31ClN4O7S. The van der Waals surface area contributed by atoms with E-state index in [1.54, 1.807) is 42.5 Å². The van der Waals surface area contributed by atoms with Gasteiger partial charge in [-0.3, -0.25) is 13.9 Å². The zero-order valence-corrected chi connectivity index (χ0v) is 24.4. The number of carbonyl (C=O) groups is 2. The predicted molar refractivity (Wildman–Crippen MR) is 159 cm³/mol. The van der Waals surface area contributed by atoms with E-state index in [9.17, 15) is 18.0 Å². The Labute approximate surface area is 249 Å². The lowest BCUT2D eigenvalue weighted by molar-refractivity contribution is -0.123. The Kier molecular flexibility index (Phi) is 10.8. The quantitative estimate of drug-likeness (QED) is 0.223. The number of anilines is 1. The molecule has 222 valence electrons. The van der Waals surface area contributed by atoms with Gasteiger partial charge in [0.1, 0.15) is 18.0 Å². The monoisotopic (exact) mass is 614 g/mol. The van der Waals surface area contributed by atoms with Gasteiger partial charge in [-0.25, -0.2) is 13.8 Å². The van der Waals surface area contributed by atoms with E-state index >= 15 is 0 Å². The summed E-state index contributed by atoms with van der Waals surface area (Å²) < 4.78 is 44.0. The van der Waals surface area contributed by atoms with Gasteiger partial charge >= 0.3 is 0 Å². The second-order valence-electron chi connectivity index (χ2n) is 9.26. The number of sulfonamides is 1. The second kappa shape index (κ2) is 14.7. The summed E-state index contributed by atoms with van der Waals surface area (Å²) in [6, 6.07) is 18.7. The maximum Gasteiger partial charge on any atom is 0.264 e. The minimum Gasteiger partial charge on any atom is -0.497 e. The Morgan fingerprint density at radius 1 is 1.07 bits per heavy atom. The summed E-state index contributed by atoms with van der Waals surface area (Å²) in [4.78, 5) is 24.7. The van der Waals surface area contributed by atoms with E-state index in [1.807, 2.05) is 0 Å². The van der Waals surface area contributed by atoms with Crippen LogP contribution >= 0.6 is 11.6 Å². The van der Waals surface area contributed by atoms with Crippen molar-refractivity contribution in [2.45, 2.75) is 23.8 Å². The fourth-order valence-corrected chi connectivity index (χ4v) is 5.65. The largest absolute Gasteiger partial charge is 0.497 e. The third-order valence-electron chi connectivity index (χ3n) is 6.23.